The summed E-state index contributed by atoms with van der Waals surface area (Å²) in [5.41, 5.74) is 4.77. The third kappa shape index (κ3) is 6.93. The molecule has 0 amide bonds. The first kappa shape index (κ1) is 13.5. The van der Waals surface area contributed by atoms with Crippen LogP contribution in [0.1, 0.15) is 60.3 Å². The fraction of sp³-hybridized carbons (Fsp3) is 0.917. The highest BCUT2D eigenvalue weighted by Crippen LogP contribution is 2.23. The Morgan fingerprint density at radius 2 is 1.93 bits per heavy atom. The first-order valence-corrected chi connectivity index (χ1v) is 5.78. The highest BCUT2D eigenvalue weighted by Gasteiger charge is 2.18. The van der Waals surface area contributed by atoms with Crippen molar-refractivity contribution in [2.75, 3.05) is 6.54 Å². The van der Waals surface area contributed by atoms with Gasteiger partial charge in [-0.1, -0.05) is 34.1 Å². The SMILES string of the molecule is C/C1=N/NCC(C)(C)CCC1.CCC. The Hall–Kier alpha value is -0.530. The van der Waals surface area contributed by atoms with Crippen LogP contribution in [0.5, 0.6) is 0 Å². The van der Waals surface area contributed by atoms with Gasteiger partial charge in [-0.05, 0) is 31.6 Å². The molecule has 1 heterocycles. The minimum Gasteiger partial charge on any atom is -0.310 e. The van der Waals surface area contributed by atoms with Gasteiger partial charge in [0.2, 0.25) is 0 Å². The Morgan fingerprint density at radius 3 is 2.50 bits per heavy atom. The molecule has 2 nitrogen and oxygen atoms in total. The number of hydrazone groups is 1. The lowest BCUT2D eigenvalue weighted by Gasteiger charge is -2.25. The molecular formula is C12H26N2. The van der Waals surface area contributed by atoms with Crippen LogP contribution in [0.15, 0.2) is 5.10 Å². The highest BCUT2D eigenvalue weighted by atomic mass is 15.3. The first-order chi connectivity index (χ1) is 6.52. The van der Waals surface area contributed by atoms with E-state index in [0.29, 0.717) is 5.41 Å². The average Bonchev–Trinajstić information content (AvgIpc) is 2.02. The van der Waals surface area contributed by atoms with E-state index in [1.807, 2.05) is 0 Å². The summed E-state index contributed by atoms with van der Waals surface area (Å²) in [5, 5.41) is 4.25. The zero-order valence-electron chi connectivity index (χ0n) is 10.5. The number of hydrogen-bond acceptors (Lipinski definition) is 2. The fourth-order valence-electron chi connectivity index (χ4n) is 1.36. The van der Waals surface area contributed by atoms with Gasteiger partial charge in [0, 0.05) is 12.3 Å². The summed E-state index contributed by atoms with van der Waals surface area (Å²) in [5.74, 6) is 0. The van der Waals surface area contributed by atoms with Crippen LogP contribution < -0.4 is 5.43 Å². The molecule has 1 rings (SSSR count). The normalized spacial score (nSPS) is 24.2. The van der Waals surface area contributed by atoms with Crippen molar-refractivity contribution in [1.82, 2.24) is 5.43 Å². The third-order valence-corrected chi connectivity index (χ3v) is 2.22. The third-order valence-electron chi connectivity index (χ3n) is 2.22. The minimum absolute atomic E-state index is 0.421. The summed E-state index contributed by atoms with van der Waals surface area (Å²) < 4.78 is 0. The van der Waals surface area contributed by atoms with Crippen LogP contribution in [-0.2, 0) is 0 Å². The molecule has 0 atom stereocenters. The molecule has 0 radical (unpaired) electrons. The molecule has 0 aromatic heterocycles. The Labute approximate surface area is 89.2 Å². The van der Waals surface area contributed by atoms with E-state index in [-0.39, 0.29) is 0 Å². The molecule has 0 spiro atoms. The molecule has 0 saturated carbocycles. The van der Waals surface area contributed by atoms with Gasteiger partial charge in [-0.15, -0.1) is 0 Å². The molecule has 0 saturated heterocycles. The molecule has 0 unspecified atom stereocenters. The maximum Gasteiger partial charge on any atom is 0.0380 e. The summed E-state index contributed by atoms with van der Waals surface area (Å²) in [6.07, 6.45) is 4.98. The molecule has 1 N–H and O–H groups in total. The maximum absolute atomic E-state index is 4.25. The molecule has 0 aromatic rings. The molecule has 0 aromatic carbocycles. The van der Waals surface area contributed by atoms with Gasteiger partial charge in [-0.25, -0.2) is 0 Å². The summed E-state index contributed by atoms with van der Waals surface area (Å²) in [7, 11) is 0. The molecular weight excluding hydrogens is 172 g/mol. The van der Waals surface area contributed by atoms with Gasteiger partial charge < -0.3 is 5.43 Å². The molecule has 2 heteroatoms. The van der Waals surface area contributed by atoms with E-state index in [4.69, 9.17) is 0 Å². The number of nitrogens with one attached hydrogen (secondary N) is 1. The van der Waals surface area contributed by atoms with E-state index < -0.39 is 0 Å². The van der Waals surface area contributed by atoms with E-state index in [9.17, 15) is 0 Å². The van der Waals surface area contributed by atoms with E-state index in [1.165, 1.54) is 25.0 Å². The van der Waals surface area contributed by atoms with Crippen molar-refractivity contribution in [3.8, 4) is 0 Å². The van der Waals surface area contributed by atoms with E-state index >= 15 is 0 Å². The van der Waals surface area contributed by atoms with E-state index in [0.717, 1.165) is 13.0 Å². The molecule has 1 aliphatic rings. The smallest absolute Gasteiger partial charge is 0.0380 e. The van der Waals surface area contributed by atoms with Crippen molar-refractivity contribution in [1.29, 1.82) is 0 Å². The van der Waals surface area contributed by atoms with Crippen molar-refractivity contribution in [2.45, 2.75) is 60.3 Å². The predicted molar refractivity (Wildman–Crippen MR) is 64.7 cm³/mol. The van der Waals surface area contributed by atoms with E-state index in [1.54, 1.807) is 0 Å². The molecule has 0 aliphatic carbocycles. The first-order valence-electron chi connectivity index (χ1n) is 5.78. The second kappa shape index (κ2) is 6.86. The number of rotatable bonds is 0. The second-order valence-electron chi connectivity index (χ2n) is 4.91. The maximum atomic E-state index is 4.25. The second-order valence-corrected chi connectivity index (χ2v) is 4.91. The largest absolute Gasteiger partial charge is 0.310 e. The van der Waals surface area contributed by atoms with Gasteiger partial charge in [0.15, 0.2) is 0 Å². The lowest BCUT2D eigenvalue weighted by atomic mass is 9.86. The average molecular weight is 198 g/mol. The van der Waals surface area contributed by atoms with Gasteiger partial charge in [-0.2, -0.15) is 5.10 Å². The Kier molecular flexibility index (Phi) is 6.60. The molecule has 1 aliphatic heterocycles. The van der Waals surface area contributed by atoms with Crippen LogP contribution in [-0.4, -0.2) is 12.3 Å². The lowest BCUT2D eigenvalue weighted by molar-refractivity contribution is 0.306. The quantitative estimate of drug-likeness (QED) is 0.632. The van der Waals surface area contributed by atoms with E-state index in [2.05, 4.69) is 45.1 Å². The van der Waals surface area contributed by atoms with Crippen LogP contribution in [0, 0.1) is 5.41 Å². The Morgan fingerprint density at radius 1 is 1.36 bits per heavy atom. The topological polar surface area (TPSA) is 24.4 Å². The standard InChI is InChI=1S/C9H18N2.C3H8/c1-8-5-4-6-9(2,3)7-10-11-8;1-3-2/h10H,4-7H2,1-3H3;3H2,1-2H3/b11-8-;. The number of nitrogens with zero attached hydrogens (tertiary/aromatic N) is 1. The molecule has 14 heavy (non-hydrogen) atoms. The summed E-state index contributed by atoms with van der Waals surface area (Å²) in [4.78, 5) is 0. The van der Waals surface area contributed by atoms with Crippen molar-refractivity contribution >= 4 is 5.71 Å². The van der Waals surface area contributed by atoms with Gasteiger partial charge in [0.1, 0.15) is 0 Å². The van der Waals surface area contributed by atoms with Gasteiger partial charge in [0.25, 0.3) is 0 Å². The fourth-order valence-corrected chi connectivity index (χ4v) is 1.36. The van der Waals surface area contributed by atoms with Crippen LogP contribution in [0.25, 0.3) is 0 Å². The van der Waals surface area contributed by atoms with Crippen LogP contribution in [0.3, 0.4) is 0 Å². The minimum atomic E-state index is 0.421. The Balaban J connectivity index is 0.000000500. The number of hydrogen-bond donors (Lipinski definition) is 1. The van der Waals surface area contributed by atoms with Crippen molar-refractivity contribution in [3.63, 3.8) is 0 Å². The Bertz CT molecular complexity index is 171. The van der Waals surface area contributed by atoms with Crippen LogP contribution in [0.4, 0.5) is 0 Å². The monoisotopic (exact) mass is 198 g/mol. The zero-order valence-corrected chi connectivity index (χ0v) is 10.5. The molecule has 84 valence electrons. The molecule has 0 fully saturated rings. The summed E-state index contributed by atoms with van der Waals surface area (Å²) >= 11 is 0. The predicted octanol–water partition coefficient (Wildman–Crippen LogP) is 3.58. The van der Waals surface area contributed by atoms with Crippen molar-refractivity contribution in [3.05, 3.63) is 0 Å². The molecule has 0 bridgehead atoms. The van der Waals surface area contributed by atoms with Gasteiger partial charge in [0.05, 0.1) is 0 Å². The van der Waals surface area contributed by atoms with Crippen molar-refractivity contribution < 1.29 is 0 Å². The summed E-state index contributed by atoms with van der Waals surface area (Å²) in [6, 6.07) is 0. The lowest BCUT2D eigenvalue weighted by Crippen LogP contribution is -2.28. The zero-order chi connectivity index (χ0) is 11.0. The van der Waals surface area contributed by atoms with Gasteiger partial charge in [-0.3, -0.25) is 0 Å². The summed E-state index contributed by atoms with van der Waals surface area (Å²) in [6.45, 7) is 11.9. The highest BCUT2D eigenvalue weighted by molar-refractivity contribution is 5.81. The van der Waals surface area contributed by atoms with Crippen LogP contribution >= 0.6 is 0 Å². The van der Waals surface area contributed by atoms with Gasteiger partial charge >= 0.3 is 0 Å². The van der Waals surface area contributed by atoms with Crippen LogP contribution in [0.2, 0.25) is 0 Å². The van der Waals surface area contributed by atoms with Crippen molar-refractivity contribution in [2.24, 2.45) is 10.5 Å².